The minimum Gasteiger partial charge on any atom is -0.403 e. The normalized spacial score (nSPS) is 10.6. The lowest BCUT2D eigenvalue weighted by molar-refractivity contribution is 0.102. The Hall–Kier alpha value is -3.15. The van der Waals surface area contributed by atoms with Crippen LogP contribution in [-0.4, -0.2) is 16.1 Å². The van der Waals surface area contributed by atoms with E-state index in [2.05, 4.69) is 15.5 Å². The maximum Gasteiger partial charge on any atom is 0.322 e. The molecule has 4 aromatic rings. The van der Waals surface area contributed by atoms with E-state index in [0.717, 1.165) is 11.1 Å². The molecule has 0 atom stereocenters. The number of anilines is 1. The third kappa shape index (κ3) is 4.06. The van der Waals surface area contributed by atoms with Crippen LogP contribution in [0.5, 0.6) is 0 Å². The Bertz CT molecular complexity index is 1110. The lowest BCUT2D eigenvalue weighted by atomic mass is 10.0. The van der Waals surface area contributed by atoms with Crippen LogP contribution >= 0.6 is 23.2 Å². The van der Waals surface area contributed by atoms with E-state index in [1.165, 1.54) is 0 Å². The number of carbonyl (C=O) groups excluding carboxylic acids is 1. The average molecular weight is 410 g/mol. The Morgan fingerprint density at radius 1 is 0.786 bits per heavy atom. The summed E-state index contributed by atoms with van der Waals surface area (Å²) < 4.78 is 5.49. The fraction of sp³-hybridized carbons (Fsp3) is 0. The summed E-state index contributed by atoms with van der Waals surface area (Å²) in [6.07, 6.45) is 0. The maximum atomic E-state index is 12.4. The van der Waals surface area contributed by atoms with Crippen LogP contribution in [-0.2, 0) is 0 Å². The number of benzene rings is 3. The van der Waals surface area contributed by atoms with Crippen LogP contribution in [0.25, 0.3) is 22.6 Å². The van der Waals surface area contributed by atoms with Crippen LogP contribution < -0.4 is 5.32 Å². The molecule has 28 heavy (non-hydrogen) atoms. The average Bonchev–Trinajstić information content (AvgIpc) is 3.17. The quantitative estimate of drug-likeness (QED) is 0.451. The number of rotatable bonds is 4. The number of nitrogens with one attached hydrogen (secondary N) is 1. The molecule has 0 fully saturated rings. The van der Waals surface area contributed by atoms with Crippen LogP contribution in [0.2, 0.25) is 10.0 Å². The Morgan fingerprint density at radius 2 is 1.43 bits per heavy atom. The predicted octanol–water partition coefficient (Wildman–Crippen LogP) is 5.96. The Kier molecular flexibility index (Phi) is 5.10. The Balaban J connectivity index is 1.49. The fourth-order valence-electron chi connectivity index (χ4n) is 2.68. The molecule has 0 saturated heterocycles. The van der Waals surface area contributed by atoms with Crippen molar-refractivity contribution in [2.45, 2.75) is 0 Å². The van der Waals surface area contributed by atoms with Gasteiger partial charge < -0.3 is 4.42 Å². The minimum absolute atomic E-state index is 0.0109. The van der Waals surface area contributed by atoms with E-state index in [0.29, 0.717) is 21.2 Å². The molecule has 1 aromatic heterocycles. The van der Waals surface area contributed by atoms with E-state index in [4.69, 9.17) is 27.6 Å². The van der Waals surface area contributed by atoms with E-state index in [9.17, 15) is 4.79 Å². The third-order valence-electron chi connectivity index (χ3n) is 4.01. The number of hydrogen-bond donors (Lipinski definition) is 1. The largest absolute Gasteiger partial charge is 0.403 e. The molecule has 5 nitrogen and oxygen atoms in total. The summed E-state index contributed by atoms with van der Waals surface area (Å²) >= 11 is 12.0. The van der Waals surface area contributed by atoms with Gasteiger partial charge in [-0.2, -0.15) is 0 Å². The van der Waals surface area contributed by atoms with Gasteiger partial charge in [0.1, 0.15) is 0 Å². The third-order valence-corrected chi connectivity index (χ3v) is 4.45. The number of hydrogen-bond acceptors (Lipinski definition) is 4. The molecule has 0 bridgehead atoms. The molecule has 0 spiro atoms. The smallest absolute Gasteiger partial charge is 0.322 e. The SMILES string of the molecule is O=C(Nc1nnc(-c2cc(Cl)cc(Cl)c2)o1)c1ccc(-c2ccccc2)cc1. The van der Waals surface area contributed by atoms with Crippen molar-refractivity contribution in [3.63, 3.8) is 0 Å². The molecule has 0 saturated carbocycles. The monoisotopic (exact) mass is 409 g/mol. The molecule has 1 N–H and O–H groups in total. The van der Waals surface area contributed by atoms with Crippen molar-refractivity contribution in [2.75, 3.05) is 5.32 Å². The van der Waals surface area contributed by atoms with E-state index < -0.39 is 0 Å². The van der Waals surface area contributed by atoms with Crippen molar-refractivity contribution >= 4 is 35.1 Å². The molecule has 4 rings (SSSR count). The van der Waals surface area contributed by atoms with Crippen molar-refractivity contribution < 1.29 is 9.21 Å². The minimum atomic E-state index is -0.348. The summed E-state index contributed by atoms with van der Waals surface area (Å²) in [5.74, 6) is -0.141. The van der Waals surface area contributed by atoms with Gasteiger partial charge in [-0.3, -0.25) is 10.1 Å². The summed E-state index contributed by atoms with van der Waals surface area (Å²) in [4.78, 5) is 12.4. The Labute approximate surface area is 170 Å². The highest BCUT2D eigenvalue weighted by Gasteiger charge is 2.14. The lowest BCUT2D eigenvalue weighted by Gasteiger charge is -2.04. The molecule has 7 heteroatoms. The second-order valence-electron chi connectivity index (χ2n) is 5.97. The van der Waals surface area contributed by atoms with Gasteiger partial charge in [-0.25, -0.2) is 0 Å². The van der Waals surface area contributed by atoms with Gasteiger partial charge in [0.05, 0.1) is 0 Å². The molecule has 0 aliphatic carbocycles. The summed E-state index contributed by atoms with van der Waals surface area (Å²) in [5, 5.41) is 11.3. The van der Waals surface area contributed by atoms with Gasteiger partial charge in [-0.15, -0.1) is 5.10 Å². The highest BCUT2D eigenvalue weighted by atomic mass is 35.5. The predicted molar refractivity (Wildman–Crippen MR) is 110 cm³/mol. The van der Waals surface area contributed by atoms with Gasteiger partial charge in [0, 0.05) is 21.2 Å². The standard InChI is InChI=1S/C21H13Cl2N3O2/c22-17-10-16(11-18(23)12-17)20-25-26-21(28-20)24-19(27)15-8-6-14(7-9-15)13-4-2-1-3-5-13/h1-12H,(H,24,26,27). The Morgan fingerprint density at radius 3 is 2.11 bits per heavy atom. The summed E-state index contributed by atoms with van der Waals surface area (Å²) in [5.41, 5.74) is 3.15. The molecular weight excluding hydrogens is 397 g/mol. The van der Waals surface area contributed by atoms with Gasteiger partial charge in [-0.1, -0.05) is 70.8 Å². The summed E-state index contributed by atoms with van der Waals surface area (Å²) in [6, 6.07) is 22.1. The van der Waals surface area contributed by atoms with Gasteiger partial charge >= 0.3 is 6.01 Å². The van der Waals surface area contributed by atoms with E-state index in [1.54, 1.807) is 30.3 Å². The molecule has 1 amide bonds. The highest BCUT2D eigenvalue weighted by Crippen LogP contribution is 2.27. The molecule has 138 valence electrons. The van der Waals surface area contributed by atoms with Crippen molar-refractivity contribution in [1.29, 1.82) is 0 Å². The zero-order valence-corrected chi connectivity index (χ0v) is 15.9. The van der Waals surface area contributed by atoms with Crippen molar-refractivity contribution in [3.05, 3.63) is 88.4 Å². The maximum absolute atomic E-state index is 12.4. The zero-order valence-electron chi connectivity index (χ0n) is 14.4. The molecule has 3 aromatic carbocycles. The first-order valence-electron chi connectivity index (χ1n) is 8.35. The topological polar surface area (TPSA) is 68.0 Å². The second kappa shape index (κ2) is 7.84. The van der Waals surface area contributed by atoms with Crippen molar-refractivity contribution in [2.24, 2.45) is 0 Å². The number of aromatic nitrogens is 2. The lowest BCUT2D eigenvalue weighted by Crippen LogP contribution is -2.11. The van der Waals surface area contributed by atoms with Crippen LogP contribution in [0.15, 0.2) is 77.2 Å². The molecular formula is C21H13Cl2N3O2. The fourth-order valence-corrected chi connectivity index (χ4v) is 3.21. The first-order valence-corrected chi connectivity index (χ1v) is 9.11. The summed E-state index contributed by atoms with van der Waals surface area (Å²) in [6.45, 7) is 0. The van der Waals surface area contributed by atoms with Gasteiger partial charge in [0.2, 0.25) is 5.89 Å². The molecule has 0 aliphatic rings. The molecule has 0 radical (unpaired) electrons. The highest BCUT2D eigenvalue weighted by molar-refractivity contribution is 6.35. The molecule has 0 unspecified atom stereocenters. The number of amides is 1. The van der Waals surface area contributed by atoms with Crippen LogP contribution in [0.4, 0.5) is 6.01 Å². The summed E-state index contributed by atoms with van der Waals surface area (Å²) in [7, 11) is 0. The van der Waals surface area contributed by atoms with Crippen LogP contribution in [0.1, 0.15) is 10.4 Å². The van der Waals surface area contributed by atoms with E-state index >= 15 is 0 Å². The molecule has 1 heterocycles. The second-order valence-corrected chi connectivity index (χ2v) is 6.84. The number of nitrogens with zero attached hydrogens (tertiary/aromatic N) is 2. The van der Waals surface area contributed by atoms with E-state index in [-0.39, 0.29) is 17.8 Å². The van der Waals surface area contributed by atoms with Gasteiger partial charge in [0.15, 0.2) is 0 Å². The number of halogens is 2. The van der Waals surface area contributed by atoms with Gasteiger partial charge in [-0.05, 0) is 41.5 Å². The first kappa shape index (κ1) is 18.2. The zero-order chi connectivity index (χ0) is 19.5. The first-order chi connectivity index (χ1) is 13.6. The van der Waals surface area contributed by atoms with Crippen LogP contribution in [0.3, 0.4) is 0 Å². The van der Waals surface area contributed by atoms with Crippen molar-refractivity contribution in [1.82, 2.24) is 10.2 Å². The number of carbonyl (C=O) groups is 1. The van der Waals surface area contributed by atoms with Gasteiger partial charge in [0.25, 0.3) is 5.91 Å². The van der Waals surface area contributed by atoms with E-state index in [1.807, 2.05) is 42.5 Å². The van der Waals surface area contributed by atoms with Crippen LogP contribution in [0, 0.1) is 0 Å². The van der Waals surface area contributed by atoms with Crippen molar-refractivity contribution in [3.8, 4) is 22.6 Å². The molecule has 0 aliphatic heterocycles.